The fourth-order valence-corrected chi connectivity index (χ4v) is 4.66. The number of aromatic amines is 1. The molecule has 4 aromatic rings. The molecule has 1 amide bonds. The highest BCUT2D eigenvalue weighted by Gasteiger charge is 2.41. The molecule has 178 valence electrons. The normalized spacial score (nSPS) is 14.7. The van der Waals surface area contributed by atoms with Crippen molar-refractivity contribution < 1.29 is 19.0 Å². The van der Waals surface area contributed by atoms with E-state index in [2.05, 4.69) is 22.3 Å². The van der Waals surface area contributed by atoms with E-state index >= 15 is 0 Å². The van der Waals surface area contributed by atoms with Crippen molar-refractivity contribution in [2.45, 2.75) is 12.5 Å². The monoisotopic (exact) mass is 469 g/mol. The second-order valence-electron chi connectivity index (χ2n) is 8.34. The molecule has 0 fully saturated rings. The Morgan fingerprint density at radius 2 is 1.63 bits per heavy atom. The number of ether oxygens (including phenoxy) is 3. The molecule has 1 N–H and O–H groups in total. The van der Waals surface area contributed by atoms with Gasteiger partial charge in [-0.2, -0.15) is 5.10 Å². The van der Waals surface area contributed by atoms with E-state index in [0.29, 0.717) is 30.2 Å². The molecule has 35 heavy (non-hydrogen) atoms. The molecule has 0 radical (unpaired) electrons. The Hall–Kier alpha value is -4.26. The van der Waals surface area contributed by atoms with E-state index in [0.717, 1.165) is 33.7 Å². The van der Waals surface area contributed by atoms with Gasteiger partial charge in [-0.3, -0.25) is 9.89 Å². The summed E-state index contributed by atoms with van der Waals surface area (Å²) in [4.78, 5) is 15.5. The highest BCUT2D eigenvalue weighted by atomic mass is 16.5. The van der Waals surface area contributed by atoms with Crippen molar-refractivity contribution in [1.29, 1.82) is 0 Å². The molecule has 0 aliphatic carbocycles. The van der Waals surface area contributed by atoms with Gasteiger partial charge in [-0.15, -0.1) is 0 Å². The highest BCUT2D eigenvalue weighted by Crippen LogP contribution is 2.43. The number of aromatic nitrogens is 2. The van der Waals surface area contributed by atoms with Crippen LogP contribution in [0.1, 0.15) is 33.2 Å². The predicted octanol–water partition coefficient (Wildman–Crippen LogP) is 4.89. The van der Waals surface area contributed by atoms with Crippen LogP contribution < -0.4 is 14.2 Å². The number of nitrogens with zero attached hydrogens (tertiary/aromatic N) is 2. The molecule has 3 aromatic carbocycles. The molecule has 1 unspecified atom stereocenters. The molecule has 5 rings (SSSR count). The summed E-state index contributed by atoms with van der Waals surface area (Å²) in [6.45, 7) is 0.540. The van der Waals surface area contributed by atoms with Crippen LogP contribution in [-0.4, -0.2) is 48.9 Å². The maximum atomic E-state index is 13.6. The maximum Gasteiger partial charge on any atom is 0.273 e. The lowest BCUT2D eigenvalue weighted by molar-refractivity contribution is 0.0746. The van der Waals surface area contributed by atoms with E-state index in [1.165, 1.54) is 0 Å². The van der Waals surface area contributed by atoms with E-state index in [1.54, 1.807) is 21.3 Å². The van der Waals surface area contributed by atoms with Crippen molar-refractivity contribution in [2.24, 2.45) is 0 Å². The highest BCUT2D eigenvalue weighted by molar-refractivity contribution is 6.00. The number of H-pyrrole nitrogens is 1. The van der Waals surface area contributed by atoms with E-state index in [-0.39, 0.29) is 11.9 Å². The van der Waals surface area contributed by atoms with Gasteiger partial charge in [0, 0.05) is 17.7 Å². The van der Waals surface area contributed by atoms with E-state index in [4.69, 9.17) is 14.2 Å². The molecular weight excluding hydrogens is 442 g/mol. The Kier molecular flexibility index (Phi) is 6.14. The lowest BCUT2D eigenvalue weighted by Gasteiger charge is -2.26. The molecule has 2 heterocycles. The predicted molar refractivity (Wildman–Crippen MR) is 133 cm³/mol. The van der Waals surface area contributed by atoms with Crippen molar-refractivity contribution >= 4 is 5.91 Å². The van der Waals surface area contributed by atoms with Crippen LogP contribution in [0, 0.1) is 0 Å². The van der Waals surface area contributed by atoms with Gasteiger partial charge >= 0.3 is 0 Å². The molecule has 1 atom stereocenters. The molecule has 7 heteroatoms. The summed E-state index contributed by atoms with van der Waals surface area (Å²) in [5.74, 6) is 2.07. The summed E-state index contributed by atoms with van der Waals surface area (Å²) in [7, 11) is 4.88. The minimum atomic E-state index is -0.241. The first-order valence-corrected chi connectivity index (χ1v) is 11.4. The maximum absolute atomic E-state index is 13.6. The quantitative estimate of drug-likeness (QED) is 0.398. The van der Waals surface area contributed by atoms with Crippen molar-refractivity contribution in [3.05, 3.63) is 95.2 Å². The van der Waals surface area contributed by atoms with Crippen molar-refractivity contribution in [3.63, 3.8) is 0 Å². The molecule has 7 nitrogen and oxygen atoms in total. The van der Waals surface area contributed by atoms with Gasteiger partial charge in [0.25, 0.3) is 5.91 Å². The SMILES string of the molecule is COc1ccc(-c2n[nH]c3c2C(c2ccccc2)N(CCc2ccc(OC)c(OC)c2)C3=O)cc1. The number of carbonyl (C=O) groups is 1. The van der Waals surface area contributed by atoms with Crippen molar-refractivity contribution in [3.8, 4) is 28.5 Å². The first-order valence-electron chi connectivity index (χ1n) is 11.4. The molecule has 0 bridgehead atoms. The zero-order valence-corrected chi connectivity index (χ0v) is 19.9. The second-order valence-corrected chi connectivity index (χ2v) is 8.34. The third kappa shape index (κ3) is 4.10. The van der Waals surface area contributed by atoms with Crippen molar-refractivity contribution in [2.75, 3.05) is 27.9 Å². The fourth-order valence-electron chi connectivity index (χ4n) is 4.66. The number of methoxy groups -OCH3 is 3. The Bertz CT molecular complexity index is 1330. The Morgan fingerprint density at radius 1 is 0.886 bits per heavy atom. The van der Waals surface area contributed by atoms with Gasteiger partial charge in [0.05, 0.1) is 33.1 Å². The fraction of sp³-hybridized carbons (Fsp3) is 0.214. The van der Waals surface area contributed by atoms with Crippen LogP contribution >= 0.6 is 0 Å². The van der Waals surface area contributed by atoms with Crippen LogP contribution in [-0.2, 0) is 6.42 Å². The van der Waals surface area contributed by atoms with Gasteiger partial charge in [0.2, 0.25) is 0 Å². The molecule has 0 saturated carbocycles. The summed E-state index contributed by atoms with van der Waals surface area (Å²) in [6, 6.07) is 23.4. The largest absolute Gasteiger partial charge is 0.497 e. The third-order valence-electron chi connectivity index (χ3n) is 6.43. The Labute approximate surface area is 204 Å². The molecular formula is C28H27N3O4. The Balaban J connectivity index is 1.50. The number of amides is 1. The number of hydrogen-bond acceptors (Lipinski definition) is 5. The molecule has 1 aliphatic heterocycles. The number of hydrogen-bond donors (Lipinski definition) is 1. The molecule has 1 aromatic heterocycles. The number of nitrogens with one attached hydrogen (secondary N) is 1. The Morgan fingerprint density at radius 3 is 2.31 bits per heavy atom. The number of fused-ring (bicyclic) bond motifs is 1. The molecule has 1 aliphatic rings. The second kappa shape index (κ2) is 9.54. The lowest BCUT2D eigenvalue weighted by atomic mass is 9.96. The van der Waals surface area contributed by atoms with Gasteiger partial charge in [0.1, 0.15) is 11.4 Å². The average molecular weight is 470 g/mol. The standard InChI is InChI=1S/C28H27N3O4/c1-33-21-12-10-19(11-13-21)25-24-26(30-29-25)28(32)31(27(24)20-7-5-4-6-8-20)16-15-18-9-14-22(34-2)23(17-18)35-3/h4-14,17,27H,15-16H2,1-3H3,(H,29,30). The summed E-state index contributed by atoms with van der Waals surface area (Å²) >= 11 is 0. The number of rotatable bonds is 8. The van der Waals surface area contributed by atoms with Crippen LogP contribution in [0.5, 0.6) is 17.2 Å². The van der Waals surface area contributed by atoms with Crippen LogP contribution in [0.25, 0.3) is 11.3 Å². The minimum Gasteiger partial charge on any atom is -0.497 e. The van der Waals surface area contributed by atoms with Gasteiger partial charge in [-0.1, -0.05) is 36.4 Å². The van der Waals surface area contributed by atoms with E-state index in [9.17, 15) is 4.79 Å². The van der Waals surface area contributed by atoms with Gasteiger partial charge in [-0.05, 0) is 53.9 Å². The third-order valence-corrected chi connectivity index (χ3v) is 6.43. The zero-order chi connectivity index (χ0) is 24.4. The van der Waals surface area contributed by atoms with Gasteiger partial charge in [0.15, 0.2) is 11.5 Å². The lowest BCUT2D eigenvalue weighted by Crippen LogP contribution is -2.31. The van der Waals surface area contributed by atoms with Crippen molar-refractivity contribution in [1.82, 2.24) is 15.1 Å². The summed E-state index contributed by atoms with van der Waals surface area (Å²) < 4.78 is 16.1. The summed E-state index contributed by atoms with van der Waals surface area (Å²) in [5, 5.41) is 7.56. The summed E-state index contributed by atoms with van der Waals surface area (Å²) in [6.07, 6.45) is 0.672. The number of carbonyl (C=O) groups excluding carboxylic acids is 1. The van der Waals surface area contributed by atoms with Gasteiger partial charge in [-0.25, -0.2) is 0 Å². The molecule has 0 spiro atoms. The van der Waals surface area contributed by atoms with Crippen LogP contribution in [0.3, 0.4) is 0 Å². The minimum absolute atomic E-state index is 0.0541. The summed E-state index contributed by atoms with van der Waals surface area (Å²) in [5.41, 5.74) is 5.25. The average Bonchev–Trinajstić information content (AvgIpc) is 3.46. The zero-order valence-electron chi connectivity index (χ0n) is 19.9. The first kappa shape index (κ1) is 22.5. The van der Waals surface area contributed by atoms with Crippen LogP contribution in [0.2, 0.25) is 0 Å². The molecule has 0 saturated heterocycles. The van der Waals surface area contributed by atoms with Gasteiger partial charge < -0.3 is 19.1 Å². The van der Waals surface area contributed by atoms with Crippen LogP contribution in [0.15, 0.2) is 72.8 Å². The number of benzene rings is 3. The first-order chi connectivity index (χ1) is 17.1. The van der Waals surface area contributed by atoms with E-state index < -0.39 is 0 Å². The van der Waals surface area contributed by atoms with Crippen LogP contribution in [0.4, 0.5) is 0 Å². The topological polar surface area (TPSA) is 76.7 Å². The van der Waals surface area contributed by atoms with E-state index in [1.807, 2.05) is 65.6 Å². The smallest absolute Gasteiger partial charge is 0.273 e.